The fourth-order valence-electron chi connectivity index (χ4n) is 1.73. The summed E-state index contributed by atoms with van der Waals surface area (Å²) >= 11 is 2.02. The first kappa shape index (κ1) is 10.1. The van der Waals surface area contributed by atoms with Gasteiger partial charge in [0.1, 0.15) is 0 Å². The Morgan fingerprint density at radius 1 is 1.43 bits per heavy atom. The minimum atomic E-state index is 0.597. The largest absolute Gasteiger partial charge is 0.313 e. The maximum atomic E-state index is 3.50. The van der Waals surface area contributed by atoms with Gasteiger partial charge in [-0.25, -0.2) is 0 Å². The molecular formula is C12H17NS. The summed E-state index contributed by atoms with van der Waals surface area (Å²) in [6.45, 7) is 5.52. The van der Waals surface area contributed by atoms with Crippen LogP contribution >= 0.6 is 11.8 Å². The fourth-order valence-corrected chi connectivity index (χ4v) is 3.00. The summed E-state index contributed by atoms with van der Waals surface area (Å²) in [6, 6.07) is 9.34. The van der Waals surface area contributed by atoms with Crippen molar-refractivity contribution < 1.29 is 0 Å². The van der Waals surface area contributed by atoms with Crippen LogP contribution in [0.5, 0.6) is 0 Å². The topological polar surface area (TPSA) is 12.0 Å². The minimum Gasteiger partial charge on any atom is -0.313 e. The SMILES string of the molecule is CC(C)NCC1Cc2ccccc2S1. The zero-order chi connectivity index (χ0) is 9.97. The molecule has 0 aromatic heterocycles. The van der Waals surface area contributed by atoms with Crippen molar-refractivity contribution in [2.75, 3.05) is 6.54 Å². The van der Waals surface area contributed by atoms with E-state index in [-0.39, 0.29) is 0 Å². The molecule has 0 amide bonds. The number of thioether (sulfide) groups is 1. The summed E-state index contributed by atoms with van der Waals surface area (Å²) < 4.78 is 0. The van der Waals surface area contributed by atoms with Crippen molar-refractivity contribution in [3.63, 3.8) is 0 Å². The third kappa shape index (κ3) is 2.31. The molecule has 1 heterocycles. The molecule has 1 aliphatic heterocycles. The van der Waals surface area contributed by atoms with Crippen molar-refractivity contribution in [2.24, 2.45) is 0 Å². The van der Waals surface area contributed by atoms with Gasteiger partial charge in [0.25, 0.3) is 0 Å². The van der Waals surface area contributed by atoms with Crippen LogP contribution in [0.3, 0.4) is 0 Å². The van der Waals surface area contributed by atoms with E-state index in [1.807, 2.05) is 11.8 Å². The Hall–Kier alpha value is -0.470. The molecule has 1 atom stereocenters. The van der Waals surface area contributed by atoms with Gasteiger partial charge < -0.3 is 5.32 Å². The first-order valence-corrected chi connectivity index (χ1v) is 6.11. The van der Waals surface area contributed by atoms with Crippen molar-refractivity contribution >= 4 is 11.8 Å². The second-order valence-electron chi connectivity index (χ2n) is 4.11. The van der Waals surface area contributed by atoms with Gasteiger partial charge in [-0.2, -0.15) is 0 Å². The Labute approximate surface area is 90.3 Å². The van der Waals surface area contributed by atoms with Crippen LogP contribution in [-0.2, 0) is 6.42 Å². The molecule has 14 heavy (non-hydrogen) atoms. The number of hydrogen-bond acceptors (Lipinski definition) is 2. The zero-order valence-electron chi connectivity index (χ0n) is 8.79. The van der Waals surface area contributed by atoms with E-state index >= 15 is 0 Å². The molecule has 0 aliphatic carbocycles. The van der Waals surface area contributed by atoms with Gasteiger partial charge in [0.2, 0.25) is 0 Å². The molecule has 1 N–H and O–H groups in total. The number of fused-ring (bicyclic) bond motifs is 1. The lowest BCUT2D eigenvalue weighted by atomic mass is 10.1. The molecule has 0 spiro atoms. The Balaban J connectivity index is 1.92. The van der Waals surface area contributed by atoms with E-state index in [0.29, 0.717) is 6.04 Å². The number of nitrogens with one attached hydrogen (secondary N) is 1. The predicted octanol–water partition coefficient (Wildman–Crippen LogP) is 2.70. The third-order valence-corrected chi connectivity index (χ3v) is 3.79. The standard InChI is InChI=1S/C12H17NS/c1-9(2)13-8-11-7-10-5-3-4-6-12(10)14-11/h3-6,9,11,13H,7-8H2,1-2H3. The quantitative estimate of drug-likeness (QED) is 0.818. The summed E-state index contributed by atoms with van der Waals surface area (Å²) in [5, 5.41) is 4.23. The molecular weight excluding hydrogens is 190 g/mol. The van der Waals surface area contributed by atoms with Gasteiger partial charge in [-0.3, -0.25) is 0 Å². The van der Waals surface area contributed by atoms with Gasteiger partial charge >= 0.3 is 0 Å². The summed E-state index contributed by atoms with van der Waals surface area (Å²) in [7, 11) is 0. The van der Waals surface area contributed by atoms with E-state index in [2.05, 4.69) is 43.4 Å². The maximum absolute atomic E-state index is 3.50. The van der Waals surface area contributed by atoms with Crippen LogP contribution in [0.15, 0.2) is 29.2 Å². The van der Waals surface area contributed by atoms with Gasteiger partial charge in [0, 0.05) is 22.7 Å². The van der Waals surface area contributed by atoms with Crippen molar-refractivity contribution in [1.29, 1.82) is 0 Å². The van der Waals surface area contributed by atoms with E-state index in [1.54, 1.807) is 0 Å². The predicted molar refractivity (Wildman–Crippen MR) is 62.9 cm³/mol. The van der Waals surface area contributed by atoms with Crippen molar-refractivity contribution in [3.05, 3.63) is 29.8 Å². The molecule has 0 bridgehead atoms. The number of hydrogen-bond donors (Lipinski definition) is 1. The van der Waals surface area contributed by atoms with Crippen LogP contribution in [0.2, 0.25) is 0 Å². The van der Waals surface area contributed by atoms with Crippen LogP contribution in [-0.4, -0.2) is 17.8 Å². The monoisotopic (exact) mass is 207 g/mol. The van der Waals surface area contributed by atoms with Crippen LogP contribution < -0.4 is 5.32 Å². The smallest absolute Gasteiger partial charge is 0.0260 e. The molecule has 76 valence electrons. The summed E-state index contributed by atoms with van der Waals surface area (Å²) in [5.41, 5.74) is 1.52. The highest BCUT2D eigenvalue weighted by molar-refractivity contribution is 8.00. The van der Waals surface area contributed by atoms with Gasteiger partial charge in [-0.15, -0.1) is 11.8 Å². The first-order valence-electron chi connectivity index (χ1n) is 5.23. The second-order valence-corrected chi connectivity index (χ2v) is 5.46. The highest BCUT2D eigenvalue weighted by atomic mass is 32.2. The highest BCUT2D eigenvalue weighted by Gasteiger charge is 2.21. The number of rotatable bonds is 3. The minimum absolute atomic E-state index is 0.597. The van der Waals surface area contributed by atoms with Gasteiger partial charge in [0.05, 0.1) is 0 Å². The van der Waals surface area contributed by atoms with Crippen molar-refractivity contribution in [3.8, 4) is 0 Å². The van der Waals surface area contributed by atoms with Crippen LogP contribution in [0.25, 0.3) is 0 Å². The Morgan fingerprint density at radius 2 is 2.21 bits per heavy atom. The molecule has 0 radical (unpaired) electrons. The van der Waals surface area contributed by atoms with E-state index < -0.39 is 0 Å². The molecule has 1 unspecified atom stereocenters. The normalized spacial score (nSPS) is 20.1. The summed E-state index contributed by atoms with van der Waals surface area (Å²) in [6.07, 6.45) is 1.22. The zero-order valence-corrected chi connectivity index (χ0v) is 9.60. The average molecular weight is 207 g/mol. The van der Waals surface area contributed by atoms with Crippen molar-refractivity contribution in [2.45, 2.75) is 36.5 Å². The van der Waals surface area contributed by atoms with E-state index in [9.17, 15) is 0 Å². The maximum Gasteiger partial charge on any atom is 0.0260 e. The molecule has 1 nitrogen and oxygen atoms in total. The third-order valence-electron chi connectivity index (χ3n) is 2.47. The van der Waals surface area contributed by atoms with Crippen molar-refractivity contribution in [1.82, 2.24) is 5.32 Å². The summed E-state index contributed by atoms with van der Waals surface area (Å²) in [4.78, 5) is 1.48. The second kappa shape index (κ2) is 4.37. The molecule has 0 saturated heterocycles. The Morgan fingerprint density at radius 3 is 2.93 bits per heavy atom. The lowest BCUT2D eigenvalue weighted by molar-refractivity contribution is 0.580. The van der Waals surface area contributed by atoms with E-state index in [0.717, 1.165) is 11.8 Å². The first-order chi connectivity index (χ1) is 6.75. The van der Waals surface area contributed by atoms with Gasteiger partial charge in [-0.05, 0) is 18.1 Å². The Kier molecular flexibility index (Phi) is 3.14. The average Bonchev–Trinajstić information content (AvgIpc) is 2.57. The number of benzene rings is 1. The molecule has 0 saturated carbocycles. The highest BCUT2D eigenvalue weighted by Crippen LogP contribution is 2.36. The lowest BCUT2D eigenvalue weighted by Gasteiger charge is -2.12. The molecule has 1 aliphatic rings. The molecule has 1 aromatic rings. The van der Waals surface area contributed by atoms with E-state index in [4.69, 9.17) is 0 Å². The molecule has 2 heteroatoms. The van der Waals surface area contributed by atoms with Crippen LogP contribution in [0.1, 0.15) is 19.4 Å². The molecule has 1 aromatic carbocycles. The van der Waals surface area contributed by atoms with Gasteiger partial charge in [0.15, 0.2) is 0 Å². The fraction of sp³-hybridized carbons (Fsp3) is 0.500. The molecule has 0 fully saturated rings. The lowest BCUT2D eigenvalue weighted by Crippen LogP contribution is -2.30. The van der Waals surface area contributed by atoms with Gasteiger partial charge in [-0.1, -0.05) is 32.0 Å². The van der Waals surface area contributed by atoms with E-state index in [1.165, 1.54) is 16.9 Å². The van der Waals surface area contributed by atoms with Crippen LogP contribution in [0.4, 0.5) is 0 Å². The van der Waals surface area contributed by atoms with Crippen LogP contribution in [0, 0.1) is 0 Å². The molecule has 2 rings (SSSR count). The summed E-state index contributed by atoms with van der Waals surface area (Å²) in [5.74, 6) is 0. The Bertz CT molecular complexity index is 284.